The number of carbonyl (C=O) groups excluding carboxylic acids is 1. The zero-order valence-electron chi connectivity index (χ0n) is 15.7. The molecule has 0 saturated heterocycles. The van der Waals surface area contributed by atoms with Gasteiger partial charge in [0.1, 0.15) is 5.69 Å². The van der Waals surface area contributed by atoms with Gasteiger partial charge in [-0.3, -0.25) is 9.78 Å². The summed E-state index contributed by atoms with van der Waals surface area (Å²) in [4.78, 5) is 16.7. The Labute approximate surface area is 168 Å². The second-order valence-corrected chi connectivity index (χ2v) is 6.40. The molecular formula is C21H20ClN3O3. The Hall–Kier alpha value is -3.25. The summed E-state index contributed by atoms with van der Waals surface area (Å²) in [5.41, 5.74) is 3.25. The minimum Gasteiger partial charge on any atom is -0.493 e. The van der Waals surface area contributed by atoms with Gasteiger partial charge in [-0.15, -0.1) is 0 Å². The van der Waals surface area contributed by atoms with Crippen molar-refractivity contribution in [3.05, 3.63) is 71.0 Å². The number of methoxy groups -OCH3 is 2. The smallest absolute Gasteiger partial charge is 0.274 e. The van der Waals surface area contributed by atoms with Crippen LogP contribution in [0.1, 0.15) is 16.1 Å². The molecule has 3 aromatic rings. The van der Waals surface area contributed by atoms with E-state index in [0.717, 1.165) is 16.9 Å². The van der Waals surface area contributed by atoms with E-state index in [2.05, 4.69) is 15.6 Å². The average molecular weight is 398 g/mol. The second-order valence-electron chi connectivity index (χ2n) is 5.99. The Morgan fingerprint density at radius 2 is 1.75 bits per heavy atom. The largest absolute Gasteiger partial charge is 0.493 e. The number of carbonyl (C=O) groups is 1. The molecule has 7 heteroatoms. The first-order chi connectivity index (χ1) is 13.5. The fourth-order valence-corrected chi connectivity index (χ4v) is 2.82. The first-order valence-electron chi connectivity index (χ1n) is 8.53. The van der Waals surface area contributed by atoms with Gasteiger partial charge in [0, 0.05) is 34.3 Å². The number of hydrogen-bond donors (Lipinski definition) is 2. The maximum atomic E-state index is 12.6. The topological polar surface area (TPSA) is 72.5 Å². The molecule has 0 aliphatic rings. The summed E-state index contributed by atoms with van der Waals surface area (Å²) in [6.45, 7) is 1.85. The molecule has 28 heavy (non-hydrogen) atoms. The molecular weight excluding hydrogens is 378 g/mol. The predicted molar refractivity (Wildman–Crippen MR) is 111 cm³/mol. The van der Waals surface area contributed by atoms with E-state index in [1.807, 2.05) is 19.1 Å². The maximum Gasteiger partial charge on any atom is 0.274 e. The van der Waals surface area contributed by atoms with Gasteiger partial charge in [-0.25, -0.2) is 0 Å². The minimum atomic E-state index is -0.318. The van der Waals surface area contributed by atoms with Crippen LogP contribution in [0.25, 0.3) is 0 Å². The molecule has 0 unspecified atom stereocenters. The van der Waals surface area contributed by atoms with Gasteiger partial charge in [-0.05, 0) is 48.9 Å². The van der Waals surface area contributed by atoms with E-state index in [0.29, 0.717) is 22.2 Å². The number of pyridine rings is 1. The highest BCUT2D eigenvalue weighted by Gasteiger charge is 2.12. The SMILES string of the molecule is COc1ccc(Nc2ccnc(C(=O)Nc3cccc(Cl)c3C)c2)cc1OC. The lowest BCUT2D eigenvalue weighted by Gasteiger charge is -2.12. The molecule has 1 amide bonds. The zero-order chi connectivity index (χ0) is 20.1. The third-order valence-corrected chi connectivity index (χ3v) is 4.59. The first kappa shape index (κ1) is 19.5. The van der Waals surface area contributed by atoms with Crippen molar-refractivity contribution in [3.8, 4) is 11.5 Å². The first-order valence-corrected chi connectivity index (χ1v) is 8.91. The lowest BCUT2D eigenvalue weighted by atomic mass is 10.2. The highest BCUT2D eigenvalue weighted by atomic mass is 35.5. The van der Waals surface area contributed by atoms with Crippen LogP contribution in [0.3, 0.4) is 0 Å². The van der Waals surface area contributed by atoms with Crippen LogP contribution in [0, 0.1) is 6.92 Å². The molecule has 0 radical (unpaired) electrons. The third kappa shape index (κ3) is 4.35. The van der Waals surface area contributed by atoms with E-state index in [1.54, 1.807) is 56.8 Å². The molecule has 2 aromatic carbocycles. The molecule has 2 N–H and O–H groups in total. The monoisotopic (exact) mass is 397 g/mol. The van der Waals surface area contributed by atoms with Crippen LogP contribution in [-0.4, -0.2) is 25.1 Å². The van der Waals surface area contributed by atoms with E-state index < -0.39 is 0 Å². The normalized spacial score (nSPS) is 10.3. The van der Waals surface area contributed by atoms with Crippen LogP contribution in [0.4, 0.5) is 17.1 Å². The molecule has 0 spiro atoms. The highest BCUT2D eigenvalue weighted by Crippen LogP contribution is 2.31. The number of benzene rings is 2. The van der Waals surface area contributed by atoms with Crippen molar-refractivity contribution < 1.29 is 14.3 Å². The molecule has 3 rings (SSSR count). The summed E-state index contributed by atoms with van der Waals surface area (Å²) in [7, 11) is 3.16. The van der Waals surface area contributed by atoms with Crippen molar-refractivity contribution in [2.24, 2.45) is 0 Å². The molecule has 0 aliphatic carbocycles. The van der Waals surface area contributed by atoms with Crippen LogP contribution in [0.2, 0.25) is 5.02 Å². The van der Waals surface area contributed by atoms with E-state index in [9.17, 15) is 4.79 Å². The Balaban J connectivity index is 1.78. The summed E-state index contributed by atoms with van der Waals surface area (Å²) in [5, 5.41) is 6.67. The van der Waals surface area contributed by atoms with Gasteiger partial charge < -0.3 is 20.1 Å². The van der Waals surface area contributed by atoms with Crippen LogP contribution in [0.5, 0.6) is 11.5 Å². The lowest BCUT2D eigenvalue weighted by Crippen LogP contribution is -2.14. The van der Waals surface area contributed by atoms with Gasteiger partial charge in [0.15, 0.2) is 11.5 Å². The number of anilines is 3. The molecule has 6 nitrogen and oxygen atoms in total. The van der Waals surface area contributed by atoms with E-state index in [1.165, 1.54) is 0 Å². The van der Waals surface area contributed by atoms with Gasteiger partial charge in [0.2, 0.25) is 0 Å². The molecule has 144 valence electrons. The van der Waals surface area contributed by atoms with E-state index in [-0.39, 0.29) is 11.6 Å². The predicted octanol–water partition coefficient (Wildman–Crippen LogP) is 5.06. The second kappa shape index (κ2) is 8.63. The number of ether oxygens (including phenoxy) is 2. The van der Waals surface area contributed by atoms with Gasteiger partial charge in [0.05, 0.1) is 14.2 Å². The molecule has 0 bridgehead atoms. The van der Waals surface area contributed by atoms with Crippen molar-refractivity contribution >= 4 is 34.6 Å². The number of nitrogens with zero attached hydrogens (tertiary/aromatic N) is 1. The fraction of sp³-hybridized carbons (Fsp3) is 0.143. The van der Waals surface area contributed by atoms with Crippen molar-refractivity contribution in [1.29, 1.82) is 0 Å². The van der Waals surface area contributed by atoms with Crippen molar-refractivity contribution in [2.45, 2.75) is 6.92 Å². The van der Waals surface area contributed by atoms with Crippen LogP contribution >= 0.6 is 11.6 Å². The molecule has 0 aliphatic heterocycles. The highest BCUT2D eigenvalue weighted by molar-refractivity contribution is 6.31. The Bertz CT molecular complexity index is 1010. The van der Waals surface area contributed by atoms with Gasteiger partial charge in [-0.2, -0.15) is 0 Å². The summed E-state index contributed by atoms with van der Waals surface area (Å²) in [5.74, 6) is 0.928. The van der Waals surface area contributed by atoms with E-state index in [4.69, 9.17) is 21.1 Å². The number of amides is 1. The Morgan fingerprint density at radius 3 is 2.50 bits per heavy atom. The maximum absolute atomic E-state index is 12.6. The zero-order valence-corrected chi connectivity index (χ0v) is 16.5. The summed E-state index contributed by atoms with van der Waals surface area (Å²) >= 11 is 6.11. The quantitative estimate of drug-likeness (QED) is 0.608. The summed E-state index contributed by atoms with van der Waals surface area (Å²) in [6, 6.07) is 14.3. The van der Waals surface area contributed by atoms with Gasteiger partial charge >= 0.3 is 0 Å². The van der Waals surface area contributed by atoms with Crippen LogP contribution in [0.15, 0.2) is 54.7 Å². The van der Waals surface area contributed by atoms with Crippen molar-refractivity contribution in [2.75, 3.05) is 24.9 Å². The van der Waals surface area contributed by atoms with Gasteiger partial charge in [0.25, 0.3) is 5.91 Å². The van der Waals surface area contributed by atoms with Crippen molar-refractivity contribution in [1.82, 2.24) is 4.98 Å². The number of hydrogen-bond acceptors (Lipinski definition) is 5. The molecule has 1 aromatic heterocycles. The standard InChI is InChI=1S/C21H20ClN3O3/c1-13-16(22)5-4-6-17(13)25-21(26)18-11-15(9-10-23-18)24-14-7-8-19(27-2)20(12-14)28-3/h4-12H,1-3H3,(H,23,24)(H,25,26). The van der Waals surface area contributed by atoms with Crippen molar-refractivity contribution in [3.63, 3.8) is 0 Å². The fourth-order valence-electron chi connectivity index (χ4n) is 2.64. The molecule has 0 saturated carbocycles. The lowest BCUT2D eigenvalue weighted by molar-refractivity contribution is 0.102. The average Bonchev–Trinajstić information content (AvgIpc) is 2.71. The molecule has 1 heterocycles. The number of aromatic nitrogens is 1. The minimum absolute atomic E-state index is 0.282. The van der Waals surface area contributed by atoms with Crippen LogP contribution in [-0.2, 0) is 0 Å². The Kier molecular flexibility index (Phi) is 6.01. The third-order valence-electron chi connectivity index (χ3n) is 4.18. The number of nitrogens with one attached hydrogen (secondary N) is 2. The molecule has 0 atom stereocenters. The number of halogens is 1. The van der Waals surface area contributed by atoms with E-state index >= 15 is 0 Å². The summed E-state index contributed by atoms with van der Waals surface area (Å²) < 4.78 is 10.6. The van der Waals surface area contributed by atoms with Gasteiger partial charge in [-0.1, -0.05) is 17.7 Å². The number of rotatable bonds is 6. The summed E-state index contributed by atoms with van der Waals surface area (Å²) in [6.07, 6.45) is 1.57. The van der Waals surface area contributed by atoms with Crippen LogP contribution < -0.4 is 20.1 Å². The Morgan fingerprint density at radius 1 is 1.00 bits per heavy atom. The molecule has 0 fully saturated rings.